The van der Waals surface area contributed by atoms with Gasteiger partial charge in [0.25, 0.3) is 0 Å². The molecule has 0 bridgehead atoms. The van der Waals surface area contributed by atoms with E-state index in [0.717, 1.165) is 13.0 Å². The van der Waals surface area contributed by atoms with Crippen LogP contribution in [-0.4, -0.2) is 6.54 Å². The van der Waals surface area contributed by atoms with E-state index >= 15 is 0 Å². The molecule has 20 heavy (non-hydrogen) atoms. The molecule has 0 saturated heterocycles. The van der Waals surface area contributed by atoms with Crippen LogP contribution in [0.15, 0.2) is 24.3 Å². The highest BCUT2D eigenvalue weighted by molar-refractivity contribution is 7.12. The lowest BCUT2D eigenvalue weighted by atomic mass is 9.92. The number of aryl methyl sites for hydroxylation is 3. The largest absolute Gasteiger partial charge is 0.306 e. The highest BCUT2D eigenvalue weighted by atomic mass is 32.1. The summed E-state index contributed by atoms with van der Waals surface area (Å²) in [5, 5.41) is 3.73. The van der Waals surface area contributed by atoms with Gasteiger partial charge in [-0.2, -0.15) is 0 Å². The molecule has 1 unspecified atom stereocenters. The Morgan fingerprint density at radius 1 is 1.10 bits per heavy atom. The van der Waals surface area contributed by atoms with E-state index < -0.39 is 0 Å². The average Bonchev–Trinajstić information content (AvgIpc) is 2.74. The number of benzene rings is 1. The standard InChI is InChI=1S/C18H25NS/c1-6-10-19-18(17-11-13(3)20-15(17)5)16-9-7-8-12(2)14(16)4/h7-9,11,18-19H,6,10H2,1-5H3. The van der Waals surface area contributed by atoms with Gasteiger partial charge in [0.05, 0.1) is 6.04 Å². The summed E-state index contributed by atoms with van der Waals surface area (Å²) in [5.74, 6) is 0. The third-order valence-electron chi connectivity index (χ3n) is 3.95. The summed E-state index contributed by atoms with van der Waals surface area (Å²) >= 11 is 1.90. The Morgan fingerprint density at radius 3 is 2.45 bits per heavy atom. The second-order valence-electron chi connectivity index (χ2n) is 5.54. The normalized spacial score (nSPS) is 12.7. The van der Waals surface area contributed by atoms with E-state index in [2.05, 4.69) is 64.2 Å². The summed E-state index contributed by atoms with van der Waals surface area (Å²) in [7, 11) is 0. The van der Waals surface area contributed by atoms with Gasteiger partial charge in [-0.25, -0.2) is 0 Å². The van der Waals surface area contributed by atoms with Crippen LogP contribution in [0.4, 0.5) is 0 Å². The summed E-state index contributed by atoms with van der Waals surface area (Å²) in [5.41, 5.74) is 5.63. The second-order valence-corrected chi connectivity index (χ2v) is 7.01. The van der Waals surface area contributed by atoms with Gasteiger partial charge in [0.2, 0.25) is 0 Å². The van der Waals surface area contributed by atoms with Gasteiger partial charge in [-0.05, 0) is 69.0 Å². The van der Waals surface area contributed by atoms with Gasteiger partial charge in [0.1, 0.15) is 0 Å². The minimum Gasteiger partial charge on any atom is -0.306 e. The first-order valence-corrected chi connectivity index (χ1v) is 8.22. The Hall–Kier alpha value is -1.12. The molecule has 1 atom stereocenters. The molecule has 1 heterocycles. The van der Waals surface area contributed by atoms with Crippen molar-refractivity contribution < 1.29 is 0 Å². The van der Waals surface area contributed by atoms with Crippen molar-refractivity contribution in [2.24, 2.45) is 0 Å². The van der Waals surface area contributed by atoms with Crippen LogP contribution in [-0.2, 0) is 0 Å². The minimum atomic E-state index is 0.319. The van der Waals surface area contributed by atoms with Gasteiger partial charge < -0.3 is 5.32 Å². The topological polar surface area (TPSA) is 12.0 Å². The zero-order valence-corrected chi connectivity index (χ0v) is 14.0. The lowest BCUT2D eigenvalue weighted by Gasteiger charge is -2.22. The second kappa shape index (κ2) is 6.55. The number of thiophene rings is 1. The highest BCUT2D eigenvalue weighted by Gasteiger charge is 2.19. The predicted octanol–water partition coefficient (Wildman–Crippen LogP) is 5.07. The van der Waals surface area contributed by atoms with Crippen LogP contribution in [0.1, 0.15) is 51.4 Å². The summed E-state index contributed by atoms with van der Waals surface area (Å²) in [6.45, 7) is 12.1. The maximum Gasteiger partial charge on any atom is 0.0590 e. The molecule has 0 spiro atoms. The molecule has 2 heteroatoms. The van der Waals surface area contributed by atoms with Crippen molar-refractivity contribution in [2.45, 2.75) is 47.1 Å². The molecular formula is C18H25NS. The zero-order valence-electron chi connectivity index (χ0n) is 13.2. The van der Waals surface area contributed by atoms with Crippen molar-refractivity contribution in [1.82, 2.24) is 5.32 Å². The lowest BCUT2D eigenvalue weighted by Crippen LogP contribution is -2.24. The first-order chi connectivity index (χ1) is 9.54. The van der Waals surface area contributed by atoms with E-state index in [-0.39, 0.29) is 0 Å². The Bertz CT molecular complexity index is 583. The van der Waals surface area contributed by atoms with Gasteiger partial charge >= 0.3 is 0 Å². The Kier molecular flexibility index (Phi) is 5.00. The molecule has 1 aromatic carbocycles. The van der Waals surface area contributed by atoms with E-state index in [4.69, 9.17) is 0 Å². The Morgan fingerprint density at radius 2 is 1.85 bits per heavy atom. The average molecular weight is 287 g/mol. The van der Waals surface area contributed by atoms with Crippen molar-refractivity contribution in [2.75, 3.05) is 6.54 Å². The van der Waals surface area contributed by atoms with Crippen molar-refractivity contribution in [1.29, 1.82) is 0 Å². The molecule has 0 aliphatic heterocycles. The SMILES string of the molecule is CCCNC(c1cc(C)sc1C)c1cccc(C)c1C. The summed E-state index contributed by atoms with van der Waals surface area (Å²) in [4.78, 5) is 2.82. The highest BCUT2D eigenvalue weighted by Crippen LogP contribution is 2.32. The third kappa shape index (κ3) is 3.13. The Labute approximate surface area is 127 Å². The van der Waals surface area contributed by atoms with Crippen LogP contribution in [0.5, 0.6) is 0 Å². The molecule has 0 radical (unpaired) electrons. The fourth-order valence-corrected chi connectivity index (χ4v) is 3.66. The van der Waals surface area contributed by atoms with Crippen LogP contribution in [0.3, 0.4) is 0 Å². The van der Waals surface area contributed by atoms with Gasteiger partial charge in [0.15, 0.2) is 0 Å². The molecule has 2 aromatic rings. The maximum atomic E-state index is 3.73. The monoisotopic (exact) mass is 287 g/mol. The first-order valence-electron chi connectivity index (χ1n) is 7.41. The minimum absolute atomic E-state index is 0.319. The summed E-state index contributed by atoms with van der Waals surface area (Å²) in [6.07, 6.45) is 1.16. The molecular weight excluding hydrogens is 262 g/mol. The molecule has 1 N–H and O–H groups in total. The number of nitrogens with one attached hydrogen (secondary N) is 1. The van der Waals surface area contributed by atoms with Crippen LogP contribution in [0.25, 0.3) is 0 Å². The number of rotatable bonds is 5. The van der Waals surface area contributed by atoms with Crippen molar-refractivity contribution in [3.63, 3.8) is 0 Å². The van der Waals surface area contributed by atoms with E-state index in [1.807, 2.05) is 11.3 Å². The molecule has 108 valence electrons. The van der Waals surface area contributed by atoms with Gasteiger partial charge in [0, 0.05) is 9.75 Å². The molecule has 0 aliphatic carbocycles. The molecule has 0 fully saturated rings. The smallest absolute Gasteiger partial charge is 0.0590 e. The molecule has 0 aliphatic rings. The molecule has 1 aromatic heterocycles. The predicted molar refractivity (Wildman–Crippen MR) is 89.8 cm³/mol. The quantitative estimate of drug-likeness (QED) is 0.809. The van der Waals surface area contributed by atoms with Gasteiger partial charge in [-0.1, -0.05) is 25.1 Å². The fourth-order valence-electron chi connectivity index (χ4n) is 2.70. The zero-order chi connectivity index (χ0) is 14.7. The van der Waals surface area contributed by atoms with E-state index in [1.54, 1.807) is 0 Å². The van der Waals surface area contributed by atoms with Crippen LogP contribution in [0, 0.1) is 27.7 Å². The van der Waals surface area contributed by atoms with Crippen LogP contribution in [0.2, 0.25) is 0 Å². The summed E-state index contributed by atoms with van der Waals surface area (Å²) in [6, 6.07) is 9.30. The number of hydrogen-bond acceptors (Lipinski definition) is 2. The fraction of sp³-hybridized carbons (Fsp3) is 0.444. The molecule has 0 saturated carbocycles. The first kappa shape index (κ1) is 15.3. The van der Waals surface area contributed by atoms with E-state index in [9.17, 15) is 0 Å². The summed E-state index contributed by atoms with van der Waals surface area (Å²) < 4.78 is 0. The van der Waals surface area contributed by atoms with Gasteiger partial charge in [-0.15, -0.1) is 11.3 Å². The molecule has 0 amide bonds. The van der Waals surface area contributed by atoms with E-state index in [1.165, 1.54) is 32.0 Å². The lowest BCUT2D eigenvalue weighted by molar-refractivity contribution is 0.595. The van der Waals surface area contributed by atoms with Crippen LogP contribution < -0.4 is 5.32 Å². The molecule has 2 rings (SSSR count). The van der Waals surface area contributed by atoms with Gasteiger partial charge in [-0.3, -0.25) is 0 Å². The number of hydrogen-bond donors (Lipinski definition) is 1. The van der Waals surface area contributed by atoms with E-state index in [0.29, 0.717) is 6.04 Å². The van der Waals surface area contributed by atoms with Crippen molar-refractivity contribution in [3.8, 4) is 0 Å². The third-order valence-corrected chi connectivity index (χ3v) is 4.93. The van der Waals surface area contributed by atoms with Crippen molar-refractivity contribution >= 4 is 11.3 Å². The van der Waals surface area contributed by atoms with Crippen LogP contribution >= 0.6 is 11.3 Å². The van der Waals surface area contributed by atoms with Crippen molar-refractivity contribution in [3.05, 3.63) is 56.3 Å². The molecule has 1 nitrogen and oxygen atoms in total. The Balaban J connectivity index is 2.47. The maximum absolute atomic E-state index is 3.73.